The lowest BCUT2D eigenvalue weighted by Gasteiger charge is -2.01. The average molecular weight is 321 g/mol. The topological polar surface area (TPSA) is 76.7 Å². The van der Waals surface area contributed by atoms with Crippen molar-refractivity contribution in [1.82, 2.24) is 4.98 Å². The number of hydrogen-bond acceptors (Lipinski definition) is 6. The van der Waals surface area contributed by atoms with Crippen LogP contribution in [0.15, 0.2) is 70.4 Å². The van der Waals surface area contributed by atoms with Crippen molar-refractivity contribution in [3.8, 4) is 11.3 Å². The highest BCUT2D eigenvalue weighted by Gasteiger charge is 2.09. The van der Waals surface area contributed by atoms with Gasteiger partial charge in [0.15, 0.2) is 0 Å². The number of aromatic nitrogens is 1. The van der Waals surface area contributed by atoms with Gasteiger partial charge in [0.05, 0.1) is 24.6 Å². The number of methoxy groups -OCH3 is 1. The summed E-state index contributed by atoms with van der Waals surface area (Å²) in [4.78, 5) is 15.5. The van der Waals surface area contributed by atoms with Gasteiger partial charge in [-0.1, -0.05) is 12.1 Å². The van der Waals surface area contributed by atoms with Crippen LogP contribution in [0, 0.1) is 0 Å². The number of esters is 1. The van der Waals surface area contributed by atoms with E-state index in [4.69, 9.17) is 9.15 Å². The van der Waals surface area contributed by atoms with Crippen LogP contribution < -0.4 is 5.43 Å². The number of pyridine rings is 1. The third-order valence-electron chi connectivity index (χ3n) is 3.26. The van der Waals surface area contributed by atoms with E-state index in [1.165, 1.54) is 7.11 Å². The molecule has 0 aliphatic carbocycles. The number of anilines is 1. The van der Waals surface area contributed by atoms with E-state index < -0.39 is 0 Å². The molecule has 6 heteroatoms. The summed E-state index contributed by atoms with van der Waals surface area (Å²) in [5, 5.41) is 4.11. The SMILES string of the molecule is COC(=O)c1cccc(-c2ccc(/C=N/Nc3ccncc3)o2)c1. The van der Waals surface area contributed by atoms with Gasteiger partial charge in [0.2, 0.25) is 0 Å². The molecule has 0 atom stereocenters. The van der Waals surface area contributed by atoms with Gasteiger partial charge in [-0.05, 0) is 36.4 Å². The minimum atomic E-state index is -0.383. The third-order valence-corrected chi connectivity index (χ3v) is 3.26. The van der Waals surface area contributed by atoms with Crippen molar-refractivity contribution in [2.45, 2.75) is 0 Å². The summed E-state index contributed by atoms with van der Waals surface area (Å²) in [6.45, 7) is 0. The van der Waals surface area contributed by atoms with E-state index in [9.17, 15) is 4.79 Å². The Labute approximate surface area is 138 Å². The van der Waals surface area contributed by atoms with Crippen molar-refractivity contribution in [3.05, 3.63) is 72.2 Å². The van der Waals surface area contributed by atoms with Gasteiger partial charge in [-0.25, -0.2) is 4.79 Å². The molecule has 0 saturated heterocycles. The molecular formula is C18H15N3O3. The van der Waals surface area contributed by atoms with E-state index in [1.807, 2.05) is 24.3 Å². The molecule has 0 radical (unpaired) electrons. The number of nitrogens with one attached hydrogen (secondary N) is 1. The van der Waals surface area contributed by atoms with Gasteiger partial charge < -0.3 is 9.15 Å². The van der Waals surface area contributed by atoms with Crippen molar-refractivity contribution in [2.24, 2.45) is 5.10 Å². The maximum absolute atomic E-state index is 11.6. The number of carbonyl (C=O) groups excluding carboxylic acids is 1. The lowest BCUT2D eigenvalue weighted by molar-refractivity contribution is 0.0601. The summed E-state index contributed by atoms with van der Waals surface area (Å²) in [6.07, 6.45) is 4.93. The van der Waals surface area contributed by atoms with Gasteiger partial charge in [0.25, 0.3) is 0 Å². The summed E-state index contributed by atoms with van der Waals surface area (Å²) in [5.41, 5.74) is 4.98. The number of furan rings is 1. The van der Waals surface area contributed by atoms with Gasteiger partial charge in [-0.15, -0.1) is 0 Å². The minimum Gasteiger partial charge on any atom is -0.465 e. The highest BCUT2D eigenvalue weighted by atomic mass is 16.5. The first kappa shape index (κ1) is 15.5. The standard InChI is InChI=1S/C18H15N3O3/c1-23-18(22)14-4-2-3-13(11-14)17-6-5-16(24-17)12-20-21-15-7-9-19-10-8-15/h2-12H,1H3,(H,19,21)/b20-12+. The number of hydrazone groups is 1. The zero-order valence-electron chi connectivity index (χ0n) is 13.0. The van der Waals surface area contributed by atoms with Gasteiger partial charge in [-0.2, -0.15) is 5.10 Å². The highest BCUT2D eigenvalue weighted by Crippen LogP contribution is 2.23. The largest absolute Gasteiger partial charge is 0.465 e. The van der Waals surface area contributed by atoms with E-state index in [2.05, 4.69) is 15.5 Å². The number of carbonyl (C=O) groups is 1. The molecule has 0 spiro atoms. The monoisotopic (exact) mass is 321 g/mol. The molecule has 0 bridgehead atoms. The zero-order chi connectivity index (χ0) is 16.8. The van der Waals surface area contributed by atoms with Crippen LogP contribution in [-0.2, 0) is 4.74 Å². The Morgan fingerprint density at radius 2 is 2.04 bits per heavy atom. The molecule has 24 heavy (non-hydrogen) atoms. The molecule has 1 N–H and O–H groups in total. The predicted molar refractivity (Wildman–Crippen MR) is 90.9 cm³/mol. The van der Waals surface area contributed by atoms with Crippen LogP contribution >= 0.6 is 0 Å². The Balaban J connectivity index is 1.72. The fourth-order valence-electron chi connectivity index (χ4n) is 2.09. The van der Waals surface area contributed by atoms with E-state index in [0.29, 0.717) is 17.1 Å². The zero-order valence-corrected chi connectivity index (χ0v) is 13.0. The Morgan fingerprint density at radius 3 is 2.83 bits per heavy atom. The highest BCUT2D eigenvalue weighted by molar-refractivity contribution is 5.90. The summed E-state index contributed by atoms with van der Waals surface area (Å²) in [6, 6.07) is 14.3. The number of rotatable bonds is 5. The van der Waals surface area contributed by atoms with Crippen LogP contribution in [0.25, 0.3) is 11.3 Å². The number of ether oxygens (including phenoxy) is 1. The molecular weight excluding hydrogens is 306 g/mol. The molecule has 2 heterocycles. The number of hydrogen-bond donors (Lipinski definition) is 1. The lowest BCUT2D eigenvalue weighted by Crippen LogP contribution is -2.00. The first-order valence-corrected chi connectivity index (χ1v) is 7.24. The second-order valence-electron chi connectivity index (χ2n) is 4.88. The van der Waals surface area contributed by atoms with Crippen molar-refractivity contribution >= 4 is 17.9 Å². The molecule has 3 rings (SSSR count). The second kappa shape index (κ2) is 7.23. The minimum absolute atomic E-state index is 0.383. The molecule has 3 aromatic rings. The quantitative estimate of drug-likeness (QED) is 0.441. The Bertz CT molecular complexity index is 857. The van der Waals surface area contributed by atoms with Crippen LogP contribution in [0.5, 0.6) is 0 Å². The molecule has 6 nitrogen and oxygen atoms in total. The van der Waals surface area contributed by atoms with Gasteiger partial charge in [0, 0.05) is 18.0 Å². The fraction of sp³-hybridized carbons (Fsp3) is 0.0556. The Morgan fingerprint density at radius 1 is 1.21 bits per heavy atom. The number of nitrogens with zero attached hydrogens (tertiary/aromatic N) is 2. The van der Waals surface area contributed by atoms with Crippen LogP contribution in [0.1, 0.15) is 16.1 Å². The van der Waals surface area contributed by atoms with Crippen molar-refractivity contribution in [1.29, 1.82) is 0 Å². The van der Waals surface area contributed by atoms with Crippen LogP contribution in [0.4, 0.5) is 5.69 Å². The lowest BCUT2D eigenvalue weighted by atomic mass is 10.1. The van der Waals surface area contributed by atoms with Crippen LogP contribution in [-0.4, -0.2) is 24.3 Å². The number of benzene rings is 1. The maximum Gasteiger partial charge on any atom is 0.337 e. The fourth-order valence-corrected chi connectivity index (χ4v) is 2.09. The molecule has 0 saturated carbocycles. The average Bonchev–Trinajstić information content (AvgIpc) is 3.11. The third kappa shape index (κ3) is 3.67. The second-order valence-corrected chi connectivity index (χ2v) is 4.88. The molecule has 2 aromatic heterocycles. The molecule has 0 aliphatic rings. The molecule has 0 amide bonds. The van der Waals surface area contributed by atoms with Crippen molar-refractivity contribution in [3.63, 3.8) is 0 Å². The molecule has 1 aromatic carbocycles. The van der Waals surface area contributed by atoms with E-state index in [-0.39, 0.29) is 5.97 Å². The molecule has 0 aliphatic heterocycles. The van der Waals surface area contributed by atoms with Crippen LogP contribution in [0.3, 0.4) is 0 Å². The Hall–Kier alpha value is -3.41. The van der Waals surface area contributed by atoms with E-state index in [0.717, 1.165) is 11.3 Å². The summed E-state index contributed by atoms with van der Waals surface area (Å²) in [7, 11) is 1.35. The van der Waals surface area contributed by atoms with E-state index in [1.54, 1.807) is 42.9 Å². The van der Waals surface area contributed by atoms with Gasteiger partial charge >= 0.3 is 5.97 Å². The normalized spacial score (nSPS) is 10.7. The first-order chi connectivity index (χ1) is 11.8. The van der Waals surface area contributed by atoms with Gasteiger partial charge in [0.1, 0.15) is 11.5 Å². The maximum atomic E-state index is 11.6. The summed E-state index contributed by atoms with van der Waals surface area (Å²) in [5.74, 6) is 0.855. The summed E-state index contributed by atoms with van der Waals surface area (Å²) < 4.78 is 10.4. The van der Waals surface area contributed by atoms with Crippen LogP contribution in [0.2, 0.25) is 0 Å². The molecule has 120 valence electrons. The smallest absolute Gasteiger partial charge is 0.337 e. The summed E-state index contributed by atoms with van der Waals surface area (Å²) >= 11 is 0. The predicted octanol–water partition coefficient (Wildman–Crippen LogP) is 3.57. The van der Waals surface area contributed by atoms with E-state index >= 15 is 0 Å². The Kier molecular flexibility index (Phi) is 4.67. The van der Waals surface area contributed by atoms with Crippen molar-refractivity contribution < 1.29 is 13.9 Å². The van der Waals surface area contributed by atoms with Crippen molar-refractivity contribution in [2.75, 3.05) is 12.5 Å². The first-order valence-electron chi connectivity index (χ1n) is 7.24. The van der Waals surface area contributed by atoms with Gasteiger partial charge in [-0.3, -0.25) is 10.4 Å². The molecule has 0 unspecified atom stereocenters. The molecule has 0 fully saturated rings.